The number of carbonyl (C=O) groups is 1. The molecule has 186 valence electrons. The maximum absolute atomic E-state index is 12.1. The van der Waals surface area contributed by atoms with E-state index in [9.17, 15) is 4.79 Å². The van der Waals surface area contributed by atoms with E-state index in [0.29, 0.717) is 24.0 Å². The standard InChI is InChI=1S/C27H31N7O2/c1-5-27(35)31-22-16-21(10-11-24(22)36-19-33(4)15-14-32(2)3)30-25-17-26(29-18-28-25)34-13-12-20-8-6-7-9-23(20)34/h5-13,16-18H,1,14-15,19H2,2-4H3,(H,31,35)(H,28,29,30). The van der Waals surface area contributed by atoms with Crippen LogP contribution in [0.3, 0.4) is 0 Å². The van der Waals surface area contributed by atoms with Crippen molar-refractivity contribution >= 4 is 34.0 Å². The van der Waals surface area contributed by atoms with Gasteiger partial charge in [0, 0.05) is 31.0 Å². The molecule has 1 amide bonds. The fourth-order valence-corrected chi connectivity index (χ4v) is 3.61. The highest BCUT2D eigenvalue weighted by molar-refractivity contribution is 6.00. The molecule has 0 radical (unpaired) electrons. The number of hydrogen-bond donors (Lipinski definition) is 2. The molecule has 0 unspecified atom stereocenters. The normalized spacial score (nSPS) is 11.1. The van der Waals surface area contributed by atoms with E-state index < -0.39 is 0 Å². The molecule has 0 aliphatic rings. The lowest BCUT2D eigenvalue weighted by Crippen LogP contribution is -2.31. The summed E-state index contributed by atoms with van der Waals surface area (Å²) in [5, 5.41) is 7.26. The van der Waals surface area contributed by atoms with Gasteiger partial charge in [0.15, 0.2) is 0 Å². The molecule has 0 atom stereocenters. The number of anilines is 3. The largest absolute Gasteiger partial charge is 0.476 e. The average molecular weight is 486 g/mol. The van der Waals surface area contributed by atoms with Crippen LogP contribution in [0.4, 0.5) is 17.2 Å². The number of hydrogen-bond acceptors (Lipinski definition) is 7. The van der Waals surface area contributed by atoms with Gasteiger partial charge in [0.2, 0.25) is 5.91 Å². The van der Waals surface area contributed by atoms with E-state index in [4.69, 9.17) is 4.74 Å². The predicted molar refractivity (Wildman–Crippen MR) is 144 cm³/mol. The van der Waals surface area contributed by atoms with E-state index >= 15 is 0 Å². The second kappa shape index (κ2) is 11.5. The topological polar surface area (TPSA) is 87.5 Å². The van der Waals surface area contributed by atoms with Crippen LogP contribution in [0.15, 0.2) is 79.8 Å². The Kier molecular flexibility index (Phi) is 7.94. The molecule has 4 rings (SSSR count). The Bertz CT molecular complexity index is 1350. The second-order valence-electron chi connectivity index (χ2n) is 8.69. The number of nitrogens with one attached hydrogen (secondary N) is 2. The van der Waals surface area contributed by atoms with Crippen LogP contribution >= 0.6 is 0 Å². The molecule has 0 fully saturated rings. The van der Waals surface area contributed by atoms with E-state index in [1.54, 1.807) is 0 Å². The molecule has 2 aromatic heterocycles. The summed E-state index contributed by atoms with van der Waals surface area (Å²) in [4.78, 5) is 25.0. The molecule has 0 spiro atoms. The van der Waals surface area contributed by atoms with Crippen molar-refractivity contribution < 1.29 is 9.53 Å². The van der Waals surface area contributed by atoms with E-state index in [2.05, 4.69) is 55.2 Å². The summed E-state index contributed by atoms with van der Waals surface area (Å²) >= 11 is 0. The highest BCUT2D eigenvalue weighted by Gasteiger charge is 2.11. The Morgan fingerprint density at radius 1 is 1.08 bits per heavy atom. The van der Waals surface area contributed by atoms with Gasteiger partial charge in [-0.25, -0.2) is 9.97 Å². The molecule has 36 heavy (non-hydrogen) atoms. The van der Waals surface area contributed by atoms with Crippen LogP contribution in [0.1, 0.15) is 0 Å². The summed E-state index contributed by atoms with van der Waals surface area (Å²) < 4.78 is 8.01. The van der Waals surface area contributed by atoms with Crippen molar-refractivity contribution in [3.8, 4) is 11.6 Å². The minimum absolute atomic E-state index is 0.318. The SMILES string of the molecule is C=CC(=O)Nc1cc(Nc2cc(-n3ccc4ccccc43)ncn2)ccc1OCN(C)CCN(C)C. The molecular formula is C27H31N7O2. The number of benzene rings is 2. The van der Waals surface area contributed by atoms with Crippen molar-refractivity contribution in [3.05, 3.63) is 79.8 Å². The molecule has 0 saturated carbocycles. The number of rotatable bonds is 11. The number of ether oxygens (including phenoxy) is 1. The summed E-state index contributed by atoms with van der Waals surface area (Å²) in [5.41, 5.74) is 2.34. The van der Waals surface area contributed by atoms with Gasteiger partial charge in [0.1, 0.15) is 30.4 Å². The molecule has 2 aromatic carbocycles. The first kappa shape index (κ1) is 24.9. The first-order chi connectivity index (χ1) is 17.4. The Balaban J connectivity index is 1.53. The first-order valence-electron chi connectivity index (χ1n) is 11.6. The molecular weight excluding hydrogens is 454 g/mol. The van der Waals surface area contributed by atoms with E-state index in [0.717, 1.165) is 35.5 Å². The van der Waals surface area contributed by atoms with Gasteiger partial charge in [0.25, 0.3) is 0 Å². The summed E-state index contributed by atoms with van der Waals surface area (Å²) in [5.74, 6) is 1.61. The van der Waals surface area contributed by atoms with Gasteiger partial charge in [-0.15, -0.1) is 0 Å². The predicted octanol–water partition coefficient (Wildman–Crippen LogP) is 4.12. The smallest absolute Gasteiger partial charge is 0.247 e. The lowest BCUT2D eigenvalue weighted by atomic mass is 10.2. The lowest BCUT2D eigenvalue weighted by molar-refractivity contribution is -0.111. The van der Waals surface area contributed by atoms with Crippen LogP contribution in [0.5, 0.6) is 5.75 Å². The zero-order valence-corrected chi connectivity index (χ0v) is 20.8. The zero-order valence-electron chi connectivity index (χ0n) is 20.8. The first-order valence-corrected chi connectivity index (χ1v) is 11.6. The van der Waals surface area contributed by atoms with Crippen LogP contribution in [0, 0.1) is 0 Å². The highest BCUT2D eigenvalue weighted by Crippen LogP contribution is 2.30. The van der Waals surface area contributed by atoms with Gasteiger partial charge in [-0.2, -0.15) is 0 Å². The maximum atomic E-state index is 12.1. The molecule has 4 aromatic rings. The summed E-state index contributed by atoms with van der Waals surface area (Å²) in [6.07, 6.45) is 4.74. The third kappa shape index (κ3) is 6.26. The fourth-order valence-electron chi connectivity index (χ4n) is 3.61. The molecule has 0 saturated heterocycles. The van der Waals surface area contributed by atoms with Crippen molar-refractivity contribution in [2.75, 3.05) is 51.6 Å². The summed E-state index contributed by atoms with van der Waals surface area (Å²) in [6.45, 7) is 5.71. The Morgan fingerprint density at radius 2 is 1.92 bits per heavy atom. The summed E-state index contributed by atoms with van der Waals surface area (Å²) in [7, 11) is 6.05. The van der Waals surface area contributed by atoms with E-state index in [1.807, 2.05) is 68.3 Å². The zero-order chi connectivity index (χ0) is 25.5. The second-order valence-corrected chi connectivity index (χ2v) is 8.69. The molecule has 9 heteroatoms. The Morgan fingerprint density at radius 3 is 2.72 bits per heavy atom. The van der Waals surface area contributed by atoms with Crippen LogP contribution < -0.4 is 15.4 Å². The molecule has 9 nitrogen and oxygen atoms in total. The average Bonchev–Trinajstić information content (AvgIpc) is 3.31. The van der Waals surface area contributed by atoms with Gasteiger partial charge in [-0.1, -0.05) is 24.8 Å². The van der Waals surface area contributed by atoms with Gasteiger partial charge in [-0.3, -0.25) is 9.69 Å². The van der Waals surface area contributed by atoms with Gasteiger partial charge in [-0.05, 0) is 62.9 Å². The number of fused-ring (bicyclic) bond motifs is 1. The van der Waals surface area contributed by atoms with Crippen LogP contribution in [-0.2, 0) is 4.79 Å². The number of amides is 1. The van der Waals surface area contributed by atoms with Crippen LogP contribution in [0.2, 0.25) is 0 Å². The van der Waals surface area contributed by atoms with Crippen molar-refractivity contribution in [2.45, 2.75) is 0 Å². The molecule has 0 bridgehead atoms. The van der Waals surface area contributed by atoms with Crippen molar-refractivity contribution in [1.29, 1.82) is 0 Å². The maximum Gasteiger partial charge on any atom is 0.247 e. The number of para-hydroxylation sites is 1. The molecule has 2 heterocycles. The quantitative estimate of drug-likeness (QED) is 0.244. The third-order valence-electron chi connectivity index (χ3n) is 5.56. The third-order valence-corrected chi connectivity index (χ3v) is 5.56. The molecule has 0 aliphatic carbocycles. The molecule has 0 aliphatic heterocycles. The van der Waals surface area contributed by atoms with Crippen molar-refractivity contribution in [3.63, 3.8) is 0 Å². The van der Waals surface area contributed by atoms with Gasteiger partial charge >= 0.3 is 0 Å². The van der Waals surface area contributed by atoms with Gasteiger partial charge < -0.3 is 24.8 Å². The fraction of sp³-hybridized carbons (Fsp3) is 0.222. The number of aromatic nitrogens is 3. The van der Waals surface area contributed by atoms with Crippen LogP contribution in [-0.4, -0.2) is 71.2 Å². The Labute approximate surface area is 211 Å². The highest BCUT2D eigenvalue weighted by atomic mass is 16.5. The number of carbonyl (C=O) groups excluding carboxylic acids is 1. The van der Waals surface area contributed by atoms with E-state index in [-0.39, 0.29) is 5.91 Å². The number of likely N-dealkylation sites (N-methyl/N-ethyl adjacent to an activating group) is 2. The van der Waals surface area contributed by atoms with Gasteiger partial charge in [0.05, 0.1) is 11.2 Å². The molecule has 2 N–H and O–H groups in total. The minimum Gasteiger partial charge on any atom is -0.476 e. The lowest BCUT2D eigenvalue weighted by Gasteiger charge is -2.21. The summed E-state index contributed by atoms with van der Waals surface area (Å²) in [6, 6.07) is 17.6. The number of nitrogens with zero attached hydrogens (tertiary/aromatic N) is 5. The monoisotopic (exact) mass is 485 g/mol. The van der Waals surface area contributed by atoms with Crippen LogP contribution in [0.25, 0.3) is 16.7 Å². The van der Waals surface area contributed by atoms with E-state index in [1.165, 1.54) is 12.4 Å². The Hall–Kier alpha value is -4.21. The minimum atomic E-state index is -0.318. The van der Waals surface area contributed by atoms with Crippen molar-refractivity contribution in [1.82, 2.24) is 24.3 Å². The van der Waals surface area contributed by atoms with Crippen molar-refractivity contribution in [2.24, 2.45) is 0 Å².